The Morgan fingerprint density at radius 1 is 1.19 bits per heavy atom. The molecule has 1 aromatic carbocycles. The van der Waals surface area contributed by atoms with E-state index < -0.39 is 0 Å². The summed E-state index contributed by atoms with van der Waals surface area (Å²) in [5.41, 5.74) is 5.00. The van der Waals surface area contributed by atoms with Crippen LogP contribution in [0, 0.1) is 0 Å². The second kappa shape index (κ2) is 12.5. The van der Waals surface area contributed by atoms with Gasteiger partial charge < -0.3 is 24.1 Å². The van der Waals surface area contributed by atoms with Gasteiger partial charge in [0.05, 0.1) is 32.4 Å². The van der Waals surface area contributed by atoms with Crippen LogP contribution in [-0.4, -0.2) is 75.0 Å². The van der Waals surface area contributed by atoms with Crippen molar-refractivity contribution in [2.24, 2.45) is 5.16 Å². The number of imidazole rings is 1. The standard InChI is InChI=1S/C25H33N7O5/c1-17(29-34)19-15-18(8-9-20(19)36-2)23-27-24(31-11-13-37-14-12-31)22-25(28-23)32(16-26-22)10-6-4-3-5-7-21(33)30-35/h8-9,15-16,34-35H,3-7,10-14H2,1-2H3,(H,30,33)/b29-17-. The molecule has 1 amide bonds. The van der Waals surface area contributed by atoms with Gasteiger partial charge in [0.2, 0.25) is 5.91 Å². The van der Waals surface area contributed by atoms with Gasteiger partial charge in [0, 0.05) is 37.2 Å². The molecular weight excluding hydrogens is 478 g/mol. The van der Waals surface area contributed by atoms with Gasteiger partial charge in [0.15, 0.2) is 22.8 Å². The zero-order chi connectivity index (χ0) is 26.2. The first-order valence-corrected chi connectivity index (χ1v) is 12.4. The fourth-order valence-corrected chi connectivity index (χ4v) is 4.38. The molecule has 3 heterocycles. The summed E-state index contributed by atoms with van der Waals surface area (Å²) >= 11 is 0. The number of carbonyl (C=O) groups is 1. The van der Waals surface area contributed by atoms with E-state index in [1.807, 2.05) is 22.8 Å². The number of rotatable bonds is 11. The molecule has 3 aromatic rings. The second-order valence-electron chi connectivity index (χ2n) is 8.88. The Morgan fingerprint density at radius 2 is 1.97 bits per heavy atom. The Balaban J connectivity index is 1.65. The van der Waals surface area contributed by atoms with E-state index in [0.29, 0.717) is 55.6 Å². The quantitative estimate of drug-likeness (QED) is 0.116. The summed E-state index contributed by atoms with van der Waals surface area (Å²) < 4.78 is 13.0. The number of hydrogen-bond donors (Lipinski definition) is 3. The second-order valence-corrected chi connectivity index (χ2v) is 8.88. The minimum absolute atomic E-state index is 0.314. The van der Waals surface area contributed by atoms with Crippen molar-refractivity contribution in [2.75, 3.05) is 38.3 Å². The molecule has 0 radical (unpaired) electrons. The lowest BCUT2D eigenvalue weighted by Crippen LogP contribution is -2.37. The van der Waals surface area contributed by atoms with Crippen molar-refractivity contribution in [1.29, 1.82) is 0 Å². The van der Waals surface area contributed by atoms with Crippen molar-refractivity contribution in [2.45, 2.75) is 45.6 Å². The molecule has 1 aliphatic rings. The molecule has 37 heavy (non-hydrogen) atoms. The third-order valence-corrected chi connectivity index (χ3v) is 6.43. The molecule has 4 rings (SSSR count). The van der Waals surface area contributed by atoms with Crippen LogP contribution in [0.1, 0.15) is 44.6 Å². The number of ether oxygens (including phenoxy) is 2. The Kier molecular flexibility index (Phi) is 8.86. The minimum Gasteiger partial charge on any atom is -0.496 e. The predicted molar refractivity (Wildman–Crippen MR) is 137 cm³/mol. The Morgan fingerprint density at radius 3 is 2.70 bits per heavy atom. The van der Waals surface area contributed by atoms with Crippen molar-refractivity contribution >= 4 is 28.6 Å². The molecule has 2 aromatic heterocycles. The molecule has 1 aliphatic heterocycles. The number of unbranched alkanes of at least 4 members (excludes halogenated alkanes) is 3. The SMILES string of the molecule is COc1ccc(-c2nc(N3CCOCC3)c3ncn(CCCCCCC(=O)NO)c3n2)cc1/C(C)=N\O. The van der Waals surface area contributed by atoms with Crippen LogP contribution < -0.4 is 15.1 Å². The van der Waals surface area contributed by atoms with Crippen molar-refractivity contribution < 1.29 is 24.7 Å². The van der Waals surface area contributed by atoms with Crippen molar-refractivity contribution in [3.8, 4) is 17.1 Å². The first-order valence-electron chi connectivity index (χ1n) is 12.4. The molecule has 0 bridgehead atoms. The van der Waals surface area contributed by atoms with Gasteiger partial charge in [-0.1, -0.05) is 18.0 Å². The number of nitrogens with zero attached hydrogens (tertiary/aromatic N) is 6. The largest absolute Gasteiger partial charge is 0.496 e. The maximum Gasteiger partial charge on any atom is 0.243 e. The monoisotopic (exact) mass is 511 g/mol. The van der Waals surface area contributed by atoms with E-state index in [4.69, 9.17) is 24.6 Å². The van der Waals surface area contributed by atoms with Crippen molar-refractivity contribution in [1.82, 2.24) is 25.0 Å². The summed E-state index contributed by atoms with van der Waals surface area (Å²) in [4.78, 5) is 27.8. The Bertz CT molecular complexity index is 1250. The maximum atomic E-state index is 11.2. The van der Waals surface area contributed by atoms with Gasteiger partial charge in [-0.2, -0.15) is 0 Å². The van der Waals surface area contributed by atoms with E-state index in [1.54, 1.807) is 25.8 Å². The van der Waals surface area contributed by atoms with Gasteiger partial charge in [-0.15, -0.1) is 0 Å². The highest BCUT2D eigenvalue weighted by molar-refractivity contribution is 6.01. The number of carbonyl (C=O) groups excluding carboxylic acids is 1. The number of fused-ring (bicyclic) bond motifs is 1. The average molecular weight is 512 g/mol. The number of nitrogens with one attached hydrogen (secondary N) is 1. The van der Waals surface area contributed by atoms with E-state index in [-0.39, 0.29) is 5.91 Å². The van der Waals surface area contributed by atoms with Crippen LogP contribution >= 0.6 is 0 Å². The maximum absolute atomic E-state index is 11.2. The summed E-state index contributed by atoms with van der Waals surface area (Å²) in [5, 5.41) is 21.3. The van der Waals surface area contributed by atoms with Crippen LogP contribution in [-0.2, 0) is 16.1 Å². The fourth-order valence-electron chi connectivity index (χ4n) is 4.38. The number of methoxy groups -OCH3 is 1. The number of amides is 1. The molecule has 1 saturated heterocycles. The number of hydroxylamine groups is 1. The van der Waals surface area contributed by atoms with E-state index in [9.17, 15) is 10.0 Å². The number of aryl methyl sites for hydroxylation is 1. The van der Waals surface area contributed by atoms with E-state index in [0.717, 1.165) is 54.8 Å². The lowest BCUT2D eigenvalue weighted by molar-refractivity contribution is -0.129. The molecule has 0 aliphatic carbocycles. The van der Waals surface area contributed by atoms with E-state index in [1.165, 1.54) is 0 Å². The highest BCUT2D eigenvalue weighted by Crippen LogP contribution is 2.30. The normalized spacial score (nSPS) is 14.2. The predicted octanol–water partition coefficient (Wildman–Crippen LogP) is 2.99. The van der Waals surface area contributed by atoms with Crippen LogP contribution in [0.25, 0.3) is 22.6 Å². The van der Waals surface area contributed by atoms with Crippen LogP contribution in [0.4, 0.5) is 5.82 Å². The van der Waals surface area contributed by atoms with Crippen LogP contribution in [0.3, 0.4) is 0 Å². The number of hydrogen-bond acceptors (Lipinski definition) is 10. The van der Waals surface area contributed by atoms with Crippen molar-refractivity contribution in [3.05, 3.63) is 30.1 Å². The zero-order valence-electron chi connectivity index (χ0n) is 21.2. The van der Waals surface area contributed by atoms with Gasteiger partial charge in [0.25, 0.3) is 0 Å². The van der Waals surface area contributed by atoms with Crippen molar-refractivity contribution in [3.63, 3.8) is 0 Å². The topological polar surface area (TPSA) is 147 Å². The number of morpholine rings is 1. The Labute approximate surface area is 214 Å². The lowest BCUT2D eigenvalue weighted by Gasteiger charge is -2.28. The number of aromatic nitrogens is 4. The highest BCUT2D eigenvalue weighted by Gasteiger charge is 2.22. The number of anilines is 1. The third kappa shape index (κ3) is 6.15. The molecule has 12 heteroatoms. The van der Waals surface area contributed by atoms with Gasteiger partial charge in [0.1, 0.15) is 5.75 Å². The van der Waals surface area contributed by atoms with Gasteiger partial charge in [-0.05, 0) is 38.0 Å². The first kappa shape index (κ1) is 26.3. The summed E-state index contributed by atoms with van der Waals surface area (Å²) in [5.74, 6) is 1.54. The summed E-state index contributed by atoms with van der Waals surface area (Å²) in [7, 11) is 1.57. The minimum atomic E-state index is -0.359. The smallest absolute Gasteiger partial charge is 0.243 e. The summed E-state index contributed by atoms with van der Waals surface area (Å²) in [6.07, 6.45) is 5.56. The molecule has 1 fully saturated rings. The average Bonchev–Trinajstić information content (AvgIpc) is 3.36. The van der Waals surface area contributed by atoms with Crippen LogP contribution in [0.15, 0.2) is 29.7 Å². The highest BCUT2D eigenvalue weighted by atomic mass is 16.5. The first-order chi connectivity index (χ1) is 18.0. The van der Waals surface area contributed by atoms with Gasteiger partial charge in [-0.25, -0.2) is 20.4 Å². The number of benzene rings is 1. The third-order valence-electron chi connectivity index (χ3n) is 6.43. The van der Waals surface area contributed by atoms with Crippen LogP contribution in [0.2, 0.25) is 0 Å². The molecule has 0 unspecified atom stereocenters. The molecule has 0 atom stereocenters. The number of oxime groups is 1. The van der Waals surface area contributed by atoms with E-state index in [2.05, 4.69) is 15.0 Å². The van der Waals surface area contributed by atoms with Crippen LogP contribution in [0.5, 0.6) is 5.75 Å². The zero-order valence-corrected chi connectivity index (χ0v) is 21.2. The van der Waals surface area contributed by atoms with Gasteiger partial charge >= 0.3 is 0 Å². The molecule has 0 saturated carbocycles. The summed E-state index contributed by atoms with van der Waals surface area (Å²) in [6.45, 7) is 5.10. The molecule has 0 spiro atoms. The van der Waals surface area contributed by atoms with E-state index >= 15 is 0 Å². The molecular formula is C25H33N7O5. The summed E-state index contributed by atoms with van der Waals surface area (Å²) in [6, 6.07) is 5.57. The fraction of sp³-hybridized carbons (Fsp3) is 0.480. The molecule has 3 N–H and O–H groups in total. The molecule has 198 valence electrons. The lowest BCUT2D eigenvalue weighted by atomic mass is 10.1. The molecule has 12 nitrogen and oxygen atoms in total. The van der Waals surface area contributed by atoms with Gasteiger partial charge in [-0.3, -0.25) is 10.0 Å². The Hall–Kier alpha value is -3.77.